The van der Waals surface area contributed by atoms with Crippen LogP contribution in [0.5, 0.6) is 0 Å². The molecule has 112 valence electrons. The minimum atomic E-state index is 0.161. The molecule has 0 bridgehead atoms. The van der Waals surface area contributed by atoms with Crippen LogP contribution >= 0.6 is 0 Å². The fourth-order valence-electron chi connectivity index (χ4n) is 2.83. The van der Waals surface area contributed by atoms with Gasteiger partial charge in [0.25, 0.3) is 0 Å². The van der Waals surface area contributed by atoms with Crippen LogP contribution < -0.4 is 11.1 Å². The van der Waals surface area contributed by atoms with Crippen LogP contribution in [0.4, 0.5) is 0 Å². The van der Waals surface area contributed by atoms with Gasteiger partial charge in [0.15, 0.2) is 0 Å². The largest absolute Gasteiger partial charge is 0.355 e. The third-order valence-electron chi connectivity index (χ3n) is 4.12. The summed E-state index contributed by atoms with van der Waals surface area (Å²) in [7, 11) is 0. The molecule has 0 spiro atoms. The van der Waals surface area contributed by atoms with Crippen molar-refractivity contribution in [2.24, 2.45) is 11.7 Å². The van der Waals surface area contributed by atoms with Crippen LogP contribution in [-0.2, 0) is 4.79 Å². The molecule has 0 aliphatic carbocycles. The Morgan fingerprint density at radius 1 is 1.47 bits per heavy atom. The van der Waals surface area contributed by atoms with Crippen molar-refractivity contribution in [2.75, 3.05) is 26.2 Å². The summed E-state index contributed by atoms with van der Waals surface area (Å²) >= 11 is 0. The van der Waals surface area contributed by atoms with E-state index < -0.39 is 0 Å². The van der Waals surface area contributed by atoms with Crippen molar-refractivity contribution < 1.29 is 4.79 Å². The lowest BCUT2D eigenvalue weighted by molar-refractivity contribution is -0.126. The maximum absolute atomic E-state index is 12.0. The zero-order valence-electron chi connectivity index (χ0n) is 12.7. The van der Waals surface area contributed by atoms with E-state index in [4.69, 9.17) is 5.73 Å². The van der Waals surface area contributed by atoms with Gasteiger partial charge in [-0.2, -0.15) is 0 Å². The first-order valence-electron chi connectivity index (χ1n) is 7.90. The molecule has 3 N–H and O–H groups in total. The van der Waals surface area contributed by atoms with E-state index >= 15 is 0 Å². The summed E-state index contributed by atoms with van der Waals surface area (Å²) in [5.41, 5.74) is 5.42. The number of likely N-dealkylation sites (tertiary alicyclic amines) is 1. The van der Waals surface area contributed by atoms with Gasteiger partial charge in [-0.3, -0.25) is 9.69 Å². The first kappa shape index (κ1) is 16.4. The minimum Gasteiger partial charge on any atom is -0.355 e. The second kappa shape index (κ2) is 9.32. The summed E-state index contributed by atoms with van der Waals surface area (Å²) in [4.78, 5) is 14.5. The van der Waals surface area contributed by atoms with E-state index in [0.29, 0.717) is 19.1 Å². The van der Waals surface area contributed by atoms with Crippen LogP contribution in [0.3, 0.4) is 0 Å². The second-order valence-electron chi connectivity index (χ2n) is 5.76. The maximum atomic E-state index is 12.0. The maximum Gasteiger partial charge on any atom is 0.224 e. The van der Waals surface area contributed by atoms with Crippen LogP contribution in [0, 0.1) is 5.92 Å². The predicted octanol–water partition coefficient (Wildman–Crippen LogP) is 1.74. The van der Waals surface area contributed by atoms with Gasteiger partial charge in [0.1, 0.15) is 0 Å². The van der Waals surface area contributed by atoms with Crippen molar-refractivity contribution in [3.63, 3.8) is 0 Å². The molecule has 1 saturated heterocycles. The molecule has 2 atom stereocenters. The quantitative estimate of drug-likeness (QED) is 0.660. The van der Waals surface area contributed by atoms with Gasteiger partial charge in [0, 0.05) is 25.7 Å². The van der Waals surface area contributed by atoms with Crippen molar-refractivity contribution in [3.05, 3.63) is 0 Å². The van der Waals surface area contributed by atoms with Crippen LogP contribution in [0.25, 0.3) is 0 Å². The zero-order valence-corrected chi connectivity index (χ0v) is 12.7. The number of piperidine rings is 1. The second-order valence-corrected chi connectivity index (χ2v) is 5.76. The molecule has 1 aliphatic rings. The molecule has 0 saturated carbocycles. The Labute approximate surface area is 118 Å². The lowest BCUT2D eigenvalue weighted by atomic mass is 9.95. The van der Waals surface area contributed by atoms with E-state index in [9.17, 15) is 4.79 Å². The van der Waals surface area contributed by atoms with E-state index in [-0.39, 0.29) is 11.8 Å². The van der Waals surface area contributed by atoms with E-state index in [1.165, 1.54) is 25.7 Å². The van der Waals surface area contributed by atoms with Gasteiger partial charge in [0.2, 0.25) is 5.91 Å². The van der Waals surface area contributed by atoms with E-state index in [1.54, 1.807) is 0 Å². The van der Waals surface area contributed by atoms with Crippen LogP contribution in [0.1, 0.15) is 52.4 Å². The highest BCUT2D eigenvalue weighted by molar-refractivity contribution is 5.78. The summed E-state index contributed by atoms with van der Waals surface area (Å²) < 4.78 is 0. The molecule has 2 unspecified atom stereocenters. The Kier molecular flexibility index (Phi) is 8.07. The highest BCUT2D eigenvalue weighted by Gasteiger charge is 2.27. The van der Waals surface area contributed by atoms with Crippen LogP contribution in [-0.4, -0.2) is 43.0 Å². The SMILES string of the molecule is CCCCCC(C)N1CCCC(C(=O)NCCN)C1. The molecule has 1 heterocycles. The predicted molar refractivity (Wildman–Crippen MR) is 80.0 cm³/mol. The third kappa shape index (κ3) is 5.91. The number of hydrogen-bond acceptors (Lipinski definition) is 3. The molecule has 0 aromatic rings. The van der Waals surface area contributed by atoms with Gasteiger partial charge in [0.05, 0.1) is 5.92 Å². The summed E-state index contributed by atoms with van der Waals surface area (Å²) in [6.45, 7) is 7.73. The number of unbranched alkanes of at least 4 members (excludes halogenated alkanes) is 2. The Bertz CT molecular complexity index is 258. The lowest BCUT2D eigenvalue weighted by Crippen LogP contribution is -2.46. The molecule has 0 aromatic heterocycles. The Morgan fingerprint density at radius 2 is 2.26 bits per heavy atom. The van der Waals surface area contributed by atoms with Crippen LogP contribution in [0.2, 0.25) is 0 Å². The van der Waals surface area contributed by atoms with Crippen molar-refractivity contribution in [2.45, 2.75) is 58.4 Å². The molecular weight excluding hydrogens is 238 g/mol. The molecule has 4 heteroatoms. The number of hydrogen-bond donors (Lipinski definition) is 2. The molecule has 1 aliphatic heterocycles. The average molecular weight is 269 g/mol. The topological polar surface area (TPSA) is 58.4 Å². The van der Waals surface area contributed by atoms with E-state index in [0.717, 1.165) is 25.9 Å². The van der Waals surface area contributed by atoms with Gasteiger partial charge in [-0.25, -0.2) is 0 Å². The van der Waals surface area contributed by atoms with Crippen molar-refractivity contribution in [1.82, 2.24) is 10.2 Å². The molecule has 1 amide bonds. The molecule has 1 rings (SSSR count). The normalized spacial score (nSPS) is 22.2. The summed E-state index contributed by atoms with van der Waals surface area (Å²) in [6, 6.07) is 0.608. The van der Waals surface area contributed by atoms with Gasteiger partial charge in [-0.1, -0.05) is 26.2 Å². The van der Waals surface area contributed by atoms with Gasteiger partial charge in [-0.05, 0) is 32.7 Å². The molecule has 19 heavy (non-hydrogen) atoms. The highest BCUT2D eigenvalue weighted by Crippen LogP contribution is 2.20. The third-order valence-corrected chi connectivity index (χ3v) is 4.12. The average Bonchev–Trinajstić information content (AvgIpc) is 2.45. The number of amides is 1. The van der Waals surface area contributed by atoms with E-state index in [1.807, 2.05) is 0 Å². The van der Waals surface area contributed by atoms with Crippen molar-refractivity contribution in [1.29, 1.82) is 0 Å². The fraction of sp³-hybridized carbons (Fsp3) is 0.933. The first-order chi connectivity index (χ1) is 9.19. The zero-order chi connectivity index (χ0) is 14.1. The summed E-state index contributed by atoms with van der Waals surface area (Å²) in [5, 5.41) is 2.92. The minimum absolute atomic E-state index is 0.161. The first-order valence-corrected chi connectivity index (χ1v) is 7.90. The monoisotopic (exact) mass is 269 g/mol. The van der Waals surface area contributed by atoms with Gasteiger partial charge in [-0.15, -0.1) is 0 Å². The van der Waals surface area contributed by atoms with Gasteiger partial charge < -0.3 is 11.1 Å². The standard InChI is InChI=1S/C15H31N3O/c1-3-4-5-7-13(2)18-11-6-8-14(12-18)15(19)17-10-9-16/h13-14H,3-12,16H2,1-2H3,(H,17,19). The lowest BCUT2D eigenvalue weighted by Gasteiger charge is -2.36. The number of nitrogens with one attached hydrogen (secondary N) is 1. The Hall–Kier alpha value is -0.610. The number of carbonyl (C=O) groups is 1. The van der Waals surface area contributed by atoms with Gasteiger partial charge >= 0.3 is 0 Å². The van der Waals surface area contributed by atoms with Crippen LogP contribution in [0.15, 0.2) is 0 Å². The van der Waals surface area contributed by atoms with E-state index in [2.05, 4.69) is 24.1 Å². The molecular formula is C15H31N3O. The summed E-state index contributed by atoms with van der Waals surface area (Å²) in [5.74, 6) is 0.352. The number of rotatable bonds is 8. The fourth-order valence-corrected chi connectivity index (χ4v) is 2.83. The Morgan fingerprint density at radius 3 is 2.95 bits per heavy atom. The highest BCUT2D eigenvalue weighted by atomic mass is 16.1. The molecule has 4 nitrogen and oxygen atoms in total. The van der Waals surface area contributed by atoms with Crippen molar-refractivity contribution in [3.8, 4) is 0 Å². The molecule has 0 aromatic carbocycles. The summed E-state index contributed by atoms with van der Waals surface area (Å²) in [6.07, 6.45) is 7.31. The smallest absolute Gasteiger partial charge is 0.224 e. The number of nitrogens with two attached hydrogens (primary N) is 1. The molecule has 0 radical (unpaired) electrons. The van der Waals surface area contributed by atoms with Crippen molar-refractivity contribution >= 4 is 5.91 Å². The Balaban J connectivity index is 2.34. The molecule has 1 fully saturated rings. The number of carbonyl (C=O) groups excluding carboxylic acids is 1. The number of nitrogens with zero attached hydrogens (tertiary/aromatic N) is 1.